The lowest BCUT2D eigenvalue weighted by molar-refractivity contribution is -0.383. The fourth-order valence-electron chi connectivity index (χ4n) is 3.47. The Morgan fingerprint density at radius 3 is 2.52 bits per heavy atom. The monoisotopic (exact) mass is 388 g/mol. The van der Waals surface area contributed by atoms with E-state index < -0.39 is 4.92 Å². The quantitative estimate of drug-likeness (QED) is 0.334. The van der Waals surface area contributed by atoms with Gasteiger partial charge in [-0.15, -0.1) is 0 Å². The number of non-ortho nitro benzene ring substituents is 1. The van der Waals surface area contributed by atoms with E-state index in [9.17, 15) is 10.1 Å². The molecule has 7 heteroatoms. The van der Waals surface area contributed by atoms with Gasteiger partial charge in [0.05, 0.1) is 4.92 Å². The minimum absolute atomic E-state index is 0.0481. The fourth-order valence-corrected chi connectivity index (χ4v) is 3.47. The van der Waals surface area contributed by atoms with E-state index in [0.29, 0.717) is 34.8 Å². The van der Waals surface area contributed by atoms with Crippen molar-refractivity contribution in [3.63, 3.8) is 0 Å². The predicted molar refractivity (Wildman–Crippen MR) is 109 cm³/mol. The fraction of sp³-hybridized carbons (Fsp3) is 0.227. The minimum atomic E-state index is -0.439. The highest BCUT2D eigenvalue weighted by atomic mass is 16.6. The first-order valence-corrected chi connectivity index (χ1v) is 9.45. The van der Waals surface area contributed by atoms with Gasteiger partial charge in [0.25, 0.3) is 11.6 Å². The molecular formula is C22H20N4O3. The van der Waals surface area contributed by atoms with Gasteiger partial charge in [-0.25, -0.2) is 4.98 Å². The molecule has 146 valence electrons. The van der Waals surface area contributed by atoms with E-state index in [1.165, 1.54) is 11.6 Å². The Hall–Kier alpha value is -3.61. The van der Waals surface area contributed by atoms with Gasteiger partial charge in [0.15, 0.2) is 5.82 Å². The van der Waals surface area contributed by atoms with Crippen molar-refractivity contribution in [2.24, 2.45) is 5.92 Å². The van der Waals surface area contributed by atoms with Crippen LogP contribution in [-0.4, -0.2) is 20.0 Å². The molecule has 0 amide bonds. The molecule has 4 aromatic rings. The van der Waals surface area contributed by atoms with Crippen molar-refractivity contribution in [1.82, 2.24) is 15.1 Å². The molecule has 0 radical (unpaired) electrons. The Morgan fingerprint density at radius 2 is 1.79 bits per heavy atom. The summed E-state index contributed by atoms with van der Waals surface area (Å²) in [5.74, 6) is 1.51. The van der Waals surface area contributed by atoms with Crippen molar-refractivity contribution in [1.29, 1.82) is 0 Å². The Kier molecular flexibility index (Phi) is 5.03. The van der Waals surface area contributed by atoms with Crippen LogP contribution >= 0.6 is 0 Å². The van der Waals surface area contributed by atoms with Gasteiger partial charge < -0.3 is 4.52 Å². The third kappa shape index (κ3) is 3.85. The molecule has 0 N–H and O–H groups in total. The highest BCUT2D eigenvalue weighted by Crippen LogP contribution is 2.29. The number of nitrogens with zero attached hydrogens (tertiary/aromatic N) is 4. The number of fused-ring (bicyclic) bond motifs is 1. The number of benzene rings is 2. The van der Waals surface area contributed by atoms with Gasteiger partial charge in [0, 0.05) is 17.9 Å². The summed E-state index contributed by atoms with van der Waals surface area (Å²) in [6.07, 6.45) is 0.638. The SMILES string of the molecule is CC(C)C(Cc1noc(-c2ccc3cccc([N+](=O)[O-])c3n2)n1)c1ccccc1. The zero-order valence-electron chi connectivity index (χ0n) is 16.1. The van der Waals surface area contributed by atoms with Gasteiger partial charge in [0.1, 0.15) is 11.2 Å². The Morgan fingerprint density at radius 1 is 1.00 bits per heavy atom. The molecule has 0 spiro atoms. The summed E-state index contributed by atoms with van der Waals surface area (Å²) >= 11 is 0. The number of aromatic nitrogens is 3. The van der Waals surface area contributed by atoms with E-state index in [0.717, 1.165) is 0 Å². The van der Waals surface area contributed by atoms with Crippen LogP contribution in [0.1, 0.15) is 31.2 Å². The number of pyridine rings is 1. The van der Waals surface area contributed by atoms with Crippen molar-refractivity contribution >= 4 is 16.6 Å². The maximum absolute atomic E-state index is 11.3. The number of nitro groups is 1. The normalized spacial score (nSPS) is 12.4. The molecule has 1 unspecified atom stereocenters. The molecule has 0 aliphatic rings. The van der Waals surface area contributed by atoms with E-state index in [-0.39, 0.29) is 17.5 Å². The van der Waals surface area contributed by atoms with Crippen LogP contribution in [0, 0.1) is 16.0 Å². The predicted octanol–water partition coefficient (Wildman–Crippen LogP) is 5.18. The van der Waals surface area contributed by atoms with E-state index in [1.54, 1.807) is 24.3 Å². The first-order chi connectivity index (χ1) is 14.0. The van der Waals surface area contributed by atoms with Crippen LogP contribution < -0.4 is 0 Å². The van der Waals surface area contributed by atoms with E-state index >= 15 is 0 Å². The third-order valence-electron chi connectivity index (χ3n) is 5.02. The van der Waals surface area contributed by atoms with Crippen LogP contribution in [0.5, 0.6) is 0 Å². The lowest BCUT2D eigenvalue weighted by atomic mass is 9.85. The average molecular weight is 388 g/mol. The number of rotatable bonds is 6. The lowest BCUT2D eigenvalue weighted by Crippen LogP contribution is -2.11. The van der Waals surface area contributed by atoms with Crippen molar-refractivity contribution in [2.75, 3.05) is 0 Å². The summed E-state index contributed by atoms with van der Waals surface area (Å²) in [6, 6.07) is 18.6. The van der Waals surface area contributed by atoms with Crippen LogP contribution in [0.3, 0.4) is 0 Å². The molecule has 4 rings (SSSR count). The average Bonchev–Trinajstić information content (AvgIpc) is 3.20. The summed E-state index contributed by atoms with van der Waals surface area (Å²) in [4.78, 5) is 19.8. The second-order valence-corrected chi connectivity index (χ2v) is 7.28. The number of hydrogen-bond donors (Lipinski definition) is 0. The molecule has 7 nitrogen and oxygen atoms in total. The number of hydrogen-bond acceptors (Lipinski definition) is 6. The Labute approximate surface area is 167 Å². The molecule has 2 heterocycles. The molecule has 0 aliphatic heterocycles. The van der Waals surface area contributed by atoms with Gasteiger partial charge >= 0.3 is 0 Å². The van der Waals surface area contributed by atoms with Gasteiger partial charge in [-0.3, -0.25) is 10.1 Å². The standard InChI is InChI=1S/C22H20N4O3/c1-14(2)17(15-7-4-3-5-8-15)13-20-24-22(29-25-20)18-12-11-16-9-6-10-19(26(27)28)21(16)23-18/h3-12,14,17H,13H2,1-2H3. The summed E-state index contributed by atoms with van der Waals surface area (Å²) in [5.41, 5.74) is 1.91. The Bertz CT molecular complexity index is 1160. The summed E-state index contributed by atoms with van der Waals surface area (Å²) in [5, 5.41) is 16.1. The highest BCUT2D eigenvalue weighted by Gasteiger charge is 2.21. The van der Waals surface area contributed by atoms with Gasteiger partial charge in [-0.1, -0.05) is 67.5 Å². The lowest BCUT2D eigenvalue weighted by Gasteiger charge is -2.19. The molecule has 0 saturated heterocycles. The summed E-state index contributed by atoms with van der Waals surface area (Å²) < 4.78 is 5.42. The smallest absolute Gasteiger partial charge is 0.295 e. The van der Waals surface area contributed by atoms with E-state index in [2.05, 4.69) is 41.1 Å². The van der Waals surface area contributed by atoms with Crippen LogP contribution in [0.2, 0.25) is 0 Å². The van der Waals surface area contributed by atoms with Crippen LogP contribution in [0.4, 0.5) is 5.69 Å². The molecule has 0 fully saturated rings. The zero-order valence-corrected chi connectivity index (χ0v) is 16.1. The van der Waals surface area contributed by atoms with Crippen molar-refractivity contribution in [3.8, 4) is 11.6 Å². The molecule has 0 bridgehead atoms. The van der Waals surface area contributed by atoms with Crippen molar-refractivity contribution in [3.05, 3.63) is 82.2 Å². The van der Waals surface area contributed by atoms with Crippen LogP contribution in [0.25, 0.3) is 22.5 Å². The molecule has 2 aromatic carbocycles. The first-order valence-electron chi connectivity index (χ1n) is 9.45. The second-order valence-electron chi connectivity index (χ2n) is 7.28. The van der Waals surface area contributed by atoms with Crippen LogP contribution in [-0.2, 0) is 6.42 Å². The van der Waals surface area contributed by atoms with Gasteiger partial charge in [0.2, 0.25) is 0 Å². The third-order valence-corrected chi connectivity index (χ3v) is 5.02. The number of nitro benzene ring substituents is 1. The highest BCUT2D eigenvalue weighted by molar-refractivity contribution is 5.88. The maximum atomic E-state index is 11.3. The summed E-state index contributed by atoms with van der Waals surface area (Å²) in [7, 11) is 0. The van der Waals surface area contributed by atoms with Crippen LogP contribution in [0.15, 0.2) is 65.2 Å². The minimum Gasteiger partial charge on any atom is -0.332 e. The van der Waals surface area contributed by atoms with Crippen molar-refractivity contribution in [2.45, 2.75) is 26.2 Å². The molecule has 0 aliphatic carbocycles. The largest absolute Gasteiger partial charge is 0.332 e. The second kappa shape index (κ2) is 7.79. The molecule has 29 heavy (non-hydrogen) atoms. The van der Waals surface area contributed by atoms with Gasteiger partial charge in [-0.2, -0.15) is 4.98 Å². The summed E-state index contributed by atoms with van der Waals surface area (Å²) in [6.45, 7) is 4.34. The molecular weight excluding hydrogens is 368 g/mol. The number of para-hydroxylation sites is 1. The maximum Gasteiger partial charge on any atom is 0.295 e. The molecule has 2 aromatic heterocycles. The zero-order chi connectivity index (χ0) is 20.4. The topological polar surface area (TPSA) is 95.0 Å². The van der Waals surface area contributed by atoms with Gasteiger partial charge in [-0.05, 0) is 23.5 Å². The van der Waals surface area contributed by atoms with Crippen molar-refractivity contribution < 1.29 is 9.45 Å². The molecule has 0 saturated carbocycles. The van der Waals surface area contributed by atoms with E-state index in [1.807, 2.05) is 18.2 Å². The van der Waals surface area contributed by atoms with E-state index in [4.69, 9.17) is 4.52 Å². The molecule has 1 atom stereocenters. The first kappa shape index (κ1) is 18.7. The Balaban J connectivity index is 1.65.